The monoisotopic (exact) mass is 410 g/mol. The number of ether oxygens (including phenoxy) is 1. The van der Waals surface area contributed by atoms with Gasteiger partial charge < -0.3 is 14.7 Å². The number of anilines is 1. The molecule has 0 aliphatic carbocycles. The molecule has 0 bridgehead atoms. The molecule has 2 aromatic rings. The van der Waals surface area contributed by atoms with E-state index in [1.807, 2.05) is 49.5 Å². The summed E-state index contributed by atoms with van der Waals surface area (Å²) in [5, 5.41) is 9.23. The van der Waals surface area contributed by atoms with Gasteiger partial charge in [-0.2, -0.15) is 0 Å². The Hall–Kier alpha value is -1.74. The van der Waals surface area contributed by atoms with Crippen LogP contribution in [-0.4, -0.2) is 58.2 Å². The number of rotatable bonds is 9. The molecule has 0 radical (unpaired) electrons. The summed E-state index contributed by atoms with van der Waals surface area (Å²) in [6.07, 6.45) is 3.15. The molecule has 0 heterocycles. The third-order valence-corrected chi connectivity index (χ3v) is 5.75. The number of sulfonamides is 1. The molecule has 0 aliphatic heterocycles. The van der Waals surface area contributed by atoms with E-state index in [9.17, 15) is 13.5 Å². The van der Waals surface area contributed by atoms with Gasteiger partial charge in [-0.25, -0.2) is 8.42 Å². The highest BCUT2D eigenvalue weighted by Gasteiger charge is 2.19. The van der Waals surface area contributed by atoms with Gasteiger partial charge in [-0.3, -0.25) is 4.31 Å². The van der Waals surface area contributed by atoms with Crippen molar-refractivity contribution in [2.24, 2.45) is 0 Å². The van der Waals surface area contributed by atoms with E-state index in [0.29, 0.717) is 18.0 Å². The highest BCUT2D eigenvalue weighted by Crippen LogP contribution is 2.31. The third-order valence-electron chi connectivity index (χ3n) is 3.81. The Balaban J connectivity index is 2.39. The van der Waals surface area contributed by atoms with Gasteiger partial charge in [-0.15, -0.1) is 11.8 Å². The molecular weight excluding hydrogens is 384 g/mol. The van der Waals surface area contributed by atoms with Crippen LogP contribution in [-0.2, 0) is 16.6 Å². The lowest BCUT2D eigenvalue weighted by molar-refractivity contribution is 0.306. The van der Waals surface area contributed by atoms with Crippen LogP contribution in [0.5, 0.6) is 11.5 Å². The van der Waals surface area contributed by atoms with Crippen molar-refractivity contribution in [3.05, 3.63) is 48.0 Å². The van der Waals surface area contributed by atoms with Crippen LogP contribution in [0.1, 0.15) is 5.56 Å². The van der Waals surface area contributed by atoms with E-state index in [0.717, 1.165) is 22.5 Å². The van der Waals surface area contributed by atoms with Crippen LogP contribution >= 0.6 is 11.8 Å². The van der Waals surface area contributed by atoms with E-state index in [1.165, 1.54) is 4.31 Å². The van der Waals surface area contributed by atoms with Crippen molar-refractivity contribution in [1.82, 2.24) is 4.90 Å². The summed E-state index contributed by atoms with van der Waals surface area (Å²) in [5.41, 5.74) is 1.37. The quantitative estimate of drug-likeness (QED) is 0.641. The Kier molecular flexibility index (Phi) is 7.55. The van der Waals surface area contributed by atoms with Crippen LogP contribution in [0.2, 0.25) is 0 Å². The second kappa shape index (κ2) is 9.45. The number of hydrogen-bond acceptors (Lipinski definition) is 6. The Morgan fingerprint density at radius 1 is 1.11 bits per heavy atom. The molecule has 27 heavy (non-hydrogen) atoms. The molecule has 2 aromatic carbocycles. The average Bonchev–Trinajstić information content (AvgIpc) is 2.60. The fraction of sp³-hybridized carbons (Fsp3) is 0.368. The van der Waals surface area contributed by atoms with E-state index in [4.69, 9.17) is 4.74 Å². The molecule has 6 nitrogen and oxygen atoms in total. The topological polar surface area (TPSA) is 70.1 Å². The fourth-order valence-electron chi connectivity index (χ4n) is 2.63. The number of hydrogen-bond donors (Lipinski definition) is 1. The van der Waals surface area contributed by atoms with E-state index < -0.39 is 10.0 Å². The zero-order valence-electron chi connectivity index (χ0n) is 16.0. The van der Waals surface area contributed by atoms with Crippen molar-refractivity contribution in [2.75, 3.05) is 44.1 Å². The summed E-state index contributed by atoms with van der Waals surface area (Å²) in [6.45, 7) is 0.343. The summed E-state index contributed by atoms with van der Waals surface area (Å²) in [6, 6.07) is 13.1. The van der Waals surface area contributed by atoms with E-state index in [-0.39, 0.29) is 13.2 Å². The first-order valence-corrected chi connectivity index (χ1v) is 11.5. The molecule has 0 aromatic heterocycles. The number of nitrogens with zero attached hydrogens (tertiary/aromatic N) is 2. The summed E-state index contributed by atoms with van der Waals surface area (Å²) in [5.74, 6) is 1.39. The lowest BCUT2D eigenvalue weighted by atomic mass is 10.1. The Labute approximate surface area is 165 Å². The number of thioether (sulfide) groups is 1. The SMILES string of the molecule is CSc1ccc(Oc2ccc(N(CCO)S(C)(=O)=O)cc2CN(C)C)cc1. The van der Waals surface area contributed by atoms with Crippen LogP contribution in [0.25, 0.3) is 0 Å². The first-order chi connectivity index (χ1) is 12.7. The molecule has 8 heteroatoms. The zero-order valence-corrected chi connectivity index (χ0v) is 17.7. The van der Waals surface area contributed by atoms with Crippen LogP contribution in [0, 0.1) is 0 Å². The standard InChI is InChI=1S/C19H26N2O4S2/c1-20(2)14-15-13-16(21(11-12-22)27(4,23)24)5-10-19(15)25-17-6-8-18(26-3)9-7-17/h5-10,13,22H,11-12,14H2,1-4H3. The van der Waals surface area contributed by atoms with Crippen molar-refractivity contribution in [2.45, 2.75) is 11.4 Å². The van der Waals surface area contributed by atoms with Gasteiger partial charge >= 0.3 is 0 Å². The maximum Gasteiger partial charge on any atom is 0.232 e. The number of aliphatic hydroxyl groups is 1. The highest BCUT2D eigenvalue weighted by molar-refractivity contribution is 7.98. The maximum atomic E-state index is 12.1. The average molecular weight is 411 g/mol. The van der Waals surface area contributed by atoms with Gasteiger partial charge in [-0.05, 0) is 62.8 Å². The van der Waals surface area contributed by atoms with Gasteiger partial charge in [0.2, 0.25) is 10.0 Å². The first kappa shape index (κ1) is 21.6. The molecule has 2 rings (SSSR count). The third kappa shape index (κ3) is 6.14. The van der Waals surface area contributed by atoms with Gasteiger partial charge in [0, 0.05) is 17.0 Å². The summed E-state index contributed by atoms with van der Waals surface area (Å²) in [7, 11) is 0.384. The maximum absolute atomic E-state index is 12.1. The second-order valence-corrected chi connectivity index (χ2v) is 9.15. The van der Waals surface area contributed by atoms with Gasteiger partial charge in [0.15, 0.2) is 0 Å². The van der Waals surface area contributed by atoms with E-state index >= 15 is 0 Å². The Morgan fingerprint density at radius 2 is 1.78 bits per heavy atom. The van der Waals surface area contributed by atoms with Crippen LogP contribution in [0.15, 0.2) is 47.4 Å². The predicted molar refractivity (Wildman–Crippen MR) is 111 cm³/mol. The Morgan fingerprint density at radius 3 is 2.30 bits per heavy atom. The van der Waals surface area contributed by atoms with Crippen molar-refractivity contribution in [3.8, 4) is 11.5 Å². The van der Waals surface area contributed by atoms with Gasteiger partial charge in [0.05, 0.1) is 25.1 Å². The zero-order chi connectivity index (χ0) is 20.0. The largest absolute Gasteiger partial charge is 0.457 e. The second-order valence-electron chi connectivity index (χ2n) is 6.37. The minimum atomic E-state index is -3.49. The molecular formula is C19H26N2O4S2. The highest BCUT2D eigenvalue weighted by atomic mass is 32.2. The lowest BCUT2D eigenvalue weighted by Crippen LogP contribution is -2.32. The normalized spacial score (nSPS) is 11.6. The first-order valence-electron chi connectivity index (χ1n) is 8.42. The summed E-state index contributed by atoms with van der Waals surface area (Å²) in [4.78, 5) is 3.14. The van der Waals surface area contributed by atoms with Crippen LogP contribution < -0.4 is 9.04 Å². The van der Waals surface area contributed by atoms with Crippen molar-refractivity contribution >= 4 is 27.5 Å². The molecule has 0 aliphatic rings. The Bertz CT molecular complexity index is 853. The number of aliphatic hydroxyl groups excluding tert-OH is 1. The molecule has 148 valence electrons. The fourth-order valence-corrected chi connectivity index (χ4v) is 3.95. The van der Waals surface area contributed by atoms with Gasteiger partial charge in [0.1, 0.15) is 11.5 Å². The molecule has 1 N–H and O–H groups in total. The molecule has 0 unspecified atom stereocenters. The molecule has 0 spiro atoms. The smallest absolute Gasteiger partial charge is 0.232 e. The summed E-state index contributed by atoms with van der Waals surface area (Å²) >= 11 is 1.66. The van der Waals surface area contributed by atoms with E-state index in [1.54, 1.807) is 30.0 Å². The minimum absolute atomic E-state index is 0.0105. The van der Waals surface area contributed by atoms with Crippen LogP contribution in [0.4, 0.5) is 5.69 Å². The molecule has 0 fully saturated rings. The van der Waals surface area contributed by atoms with E-state index in [2.05, 4.69) is 0 Å². The molecule has 0 saturated heterocycles. The van der Waals surface area contributed by atoms with Crippen LogP contribution in [0.3, 0.4) is 0 Å². The lowest BCUT2D eigenvalue weighted by Gasteiger charge is -2.23. The number of benzene rings is 2. The molecule has 0 atom stereocenters. The van der Waals surface area contributed by atoms with Crippen molar-refractivity contribution in [3.63, 3.8) is 0 Å². The molecule has 0 amide bonds. The van der Waals surface area contributed by atoms with Crippen molar-refractivity contribution < 1.29 is 18.3 Å². The minimum Gasteiger partial charge on any atom is -0.457 e. The predicted octanol–water partition coefficient (Wildman–Crippen LogP) is 3.02. The summed E-state index contributed by atoms with van der Waals surface area (Å²) < 4.78 is 31.4. The van der Waals surface area contributed by atoms with Gasteiger partial charge in [0.25, 0.3) is 0 Å². The molecule has 0 saturated carbocycles. The van der Waals surface area contributed by atoms with Crippen molar-refractivity contribution in [1.29, 1.82) is 0 Å². The van der Waals surface area contributed by atoms with Gasteiger partial charge in [-0.1, -0.05) is 0 Å².